The fourth-order valence-corrected chi connectivity index (χ4v) is 5.32. The highest BCUT2D eigenvalue weighted by molar-refractivity contribution is 5.69. The third-order valence-corrected chi connectivity index (χ3v) is 6.92. The number of aliphatic hydroxyl groups excluding tert-OH is 1. The van der Waals surface area contributed by atoms with E-state index >= 15 is 0 Å². The van der Waals surface area contributed by atoms with E-state index in [1.165, 1.54) is 0 Å². The lowest BCUT2D eigenvalue weighted by molar-refractivity contribution is -0.349. The molecule has 20 nitrogen and oxygen atoms in total. The van der Waals surface area contributed by atoms with Crippen LogP contribution in [0, 0.1) is 0 Å². The summed E-state index contributed by atoms with van der Waals surface area (Å²) in [5.74, 6) is -5.80. The fraction of sp³-hybridized carbons (Fsp3) is 0.759. The van der Waals surface area contributed by atoms with E-state index in [-0.39, 0.29) is 6.61 Å². The van der Waals surface area contributed by atoms with Gasteiger partial charge in [0.1, 0.15) is 12.2 Å². The van der Waals surface area contributed by atoms with Gasteiger partial charge in [-0.2, -0.15) is 0 Å². The van der Waals surface area contributed by atoms with Gasteiger partial charge in [-0.1, -0.05) is 0 Å². The zero-order chi connectivity index (χ0) is 36.6. The summed E-state index contributed by atoms with van der Waals surface area (Å²) in [7, 11) is 0. The molecule has 3 aliphatic rings. The van der Waals surface area contributed by atoms with Crippen LogP contribution in [0.1, 0.15) is 48.5 Å². The molecule has 0 aromatic heterocycles. The fourth-order valence-electron chi connectivity index (χ4n) is 5.32. The van der Waals surface area contributed by atoms with E-state index in [1.54, 1.807) is 0 Å². The number of esters is 7. The molecule has 20 heteroatoms. The minimum absolute atomic E-state index is 0.389. The normalized spacial score (nSPS) is 34.4. The molecule has 0 aromatic rings. The molecule has 12 atom stereocenters. The van der Waals surface area contributed by atoms with Crippen molar-refractivity contribution in [2.75, 3.05) is 19.8 Å². The minimum Gasteiger partial charge on any atom is -0.456 e. The summed E-state index contributed by atoms with van der Waals surface area (Å²) < 4.78 is 66.1. The van der Waals surface area contributed by atoms with Crippen molar-refractivity contribution in [1.82, 2.24) is 0 Å². The van der Waals surface area contributed by atoms with Crippen LogP contribution in [-0.4, -0.2) is 141 Å². The maximum Gasteiger partial charge on any atom is 0.303 e. The van der Waals surface area contributed by atoms with Gasteiger partial charge in [0.15, 0.2) is 61.6 Å². The van der Waals surface area contributed by atoms with E-state index in [2.05, 4.69) is 0 Å². The first-order valence-corrected chi connectivity index (χ1v) is 15.0. The lowest BCUT2D eigenvalue weighted by Gasteiger charge is -2.46. The SMILES string of the molecule is CC(=O)O[C@@H]1[C@@H](OC(C)=O)[C@H](O[C@@H]2COC(O)[C@H](OC(C)=O)[C@H]2OC(C)=O)OC[C@@H]1O[C@@H]1OC[C@@H](OC(C)=O)[C@H](OC(C)=O)[C@H]1OC(C)=O. The van der Waals surface area contributed by atoms with Crippen LogP contribution >= 0.6 is 0 Å². The molecule has 3 fully saturated rings. The number of hydrogen-bond acceptors (Lipinski definition) is 20. The molecular weight excluding hydrogens is 668 g/mol. The number of aliphatic hydroxyl groups is 1. The van der Waals surface area contributed by atoms with Crippen molar-refractivity contribution in [3.8, 4) is 0 Å². The zero-order valence-electron chi connectivity index (χ0n) is 27.8. The second-order valence-corrected chi connectivity index (χ2v) is 11.1. The summed E-state index contributed by atoms with van der Waals surface area (Å²) in [5, 5.41) is 10.3. The zero-order valence-corrected chi connectivity index (χ0v) is 27.8. The lowest BCUT2D eigenvalue weighted by Crippen LogP contribution is -2.64. The first-order valence-electron chi connectivity index (χ1n) is 15.0. The van der Waals surface area contributed by atoms with E-state index in [0.717, 1.165) is 48.5 Å². The van der Waals surface area contributed by atoms with Gasteiger partial charge in [-0.15, -0.1) is 0 Å². The lowest BCUT2D eigenvalue weighted by atomic mass is 10.0. The molecular formula is C29H40O20. The largest absolute Gasteiger partial charge is 0.456 e. The quantitative estimate of drug-likeness (QED) is 0.186. The molecule has 3 saturated heterocycles. The van der Waals surface area contributed by atoms with Crippen LogP contribution in [0.3, 0.4) is 0 Å². The van der Waals surface area contributed by atoms with Gasteiger partial charge in [0.2, 0.25) is 0 Å². The monoisotopic (exact) mass is 708 g/mol. The predicted molar refractivity (Wildman–Crippen MR) is 150 cm³/mol. The van der Waals surface area contributed by atoms with Crippen LogP contribution in [-0.2, 0) is 90.4 Å². The van der Waals surface area contributed by atoms with Crippen molar-refractivity contribution in [1.29, 1.82) is 0 Å². The molecule has 49 heavy (non-hydrogen) atoms. The van der Waals surface area contributed by atoms with Crippen LogP contribution in [0.5, 0.6) is 0 Å². The maximum absolute atomic E-state index is 12.3. The highest BCUT2D eigenvalue weighted by atomic mass is 16.8. The van der Waals surface area contributed by atoms with Gasteiger partial charge in [0.05, 0.1) is 19.8 Å². The molecule has 3 rings (SSSR count). The third-order valence-electron chi connectivity index (χ3n) is 6.92. The molecule has 0 amide bonds. The predicted octanol–water partition coefficient (Wildman–Crippen LogP) is -1.66. The number of carbonyl (C=O) groups is 7. The summed E-state index contributed by atoms with van der Waals surface area (Å²) in [4.78, 5) is 84.0. The Hall–Kier alpha value is -3.95. The molecule has 1 unspecified atom stereocenters. The summed E-state index contributed by atoms with van der Waals surface area (Å²) in [6.07, 6.45) is -17.7. The Morgan fingerprint density at radius 3 is 1.08 bits per heavy atom. The number of carbonyl (C=O) groups excluding carboxylic acids is 7. The molecule has 0 aliphatic carbocycles. The molecule has 276 valence electrons. The van der Waals surface area contributed by atoms with Crippen molar-refractivity contribution < 1.29 is 95.5 Å². The Kier molecular flexibility index (Phi) is 14.2. The first-order chi connectivity index (χ1) is 23.0. The maximum atomic E-state index is 12.3. The van der Waals surface area contributed by atoms with Gasteiger partial charge < -0.3 is 61.9 Å². The van der Waals surface area contributed by atoms with Crippen molar-refractivity contribution in [2.24, 2.45) is 0 Å². The molecule has 0 bridgehead atoms. The average molecular weight is 709 g/mol. The Morgan fingerprint density at radius 2 is 0.694 bits per heavy atom. The second kappa shape index (κ2) is 17.6. The van der Waals surface area contributed by atoms with Gasteiger partial charge in [-0.05, 0) is 0 Å². The van der Waals surface area contributed by atoms with Crippen molar-refractivity contribution in [2.45, 2.75) is 122 Å². The molecule has 0 spiro atoms. The second-order valence-electron chi connectivity index (χ2n) is 11.1. The van der Waals surface area contributed by atoms with Gasteiger partial charge >= 0.3 is 41.8 Å². The average Bonchev–Trinajstić information content (AvgIpc) is 2.96. The van der Waals surface area contributed by atoms with Crippen molar-refractivity contribution >= 4 is 41.8 Å². The van der Waals surface area contributed by atoms with Crippen LogP contribution in [0.2, 0.25) is 0 Å². The highest BCUT2D eigenvalue weighted by Gasteiger charge is 2.54. The molecule has 0 radical (unpaired) electrons. The van der Waals surface area contributed by atoms with E-state index < -0.39 is 129 Å². The van der Waals surface area contributed by atoms with Crippen molar-refractivity contribution in [3.05, 3.63) is 0 Å². The topological polar surface area (TPSA) is 250 Å². The van der Waals surface area contributed by atoms with Crippen molar-refractivity contribution in [3.63, 3.8) is 0 Å². The summed E-state index contributed by atoms with van der Waals surface area (Å²) >= 11 is 0. The van der Waals surface area contributed by atoms with Gasteiger partial charge in [0.25, 0.3) is 0 Å². The van der Waals surface area contributed by atoms with Crippen LogP contribution < -0.4 is 0 Å². The van der Waals surface area contributed by atoms with E-state index in [0.29, 0.717) is 0 Å². The van der Waals surface area contributed by atoms with Crippen LogP contribution in [0.25, 0.3) is 0 Å². The highest BCUT2D eigenvalue weighted by Crippen LogP contribution is 2.33. The summed E-state index contributed by atoms with van der Waals surface area (Å²) in [5.41, 5.74) is 0. The van der Waals surface area contributed by atoms with Gasteiger partial charge in [-0.25, -0.2) is 0 Å². The van der Waals surface area contributed by atoms with E-state index in [4.69, 9.17) is 56.8 Å². The Morgan fingerprint density at radius 1 is 0.408 bits per heavy atom. The van der Waals surface area contributed by atoms with E-state index in [1.807, 2.05) is 0 Å². The van der Waals surface area contributed by atoms with Crippen LogP contribution in [0.4, 0.5) is 0 Å². The van der Waals surface area contributed by atoms with Gasteiger partial charge in [0, 0.05) is 48.5 Å². The third kappa shape index (κ3) is 11.3. The number of rotatable bonds is 11. The Bertz CT molecular complexity index is 1240. The summed E-state index contributed by atoms with van der Waals surface area (Å²) in [6.45, 7) is 6.19. The van der Waals surface area contributed by atoms with Crippen LogP contribution in [0.15, 0.2) is 0 Å². The molecule has 0 saturated carbocycles. The Balaban J connectivity index is 1.93. The smallest absolute Gasteiger partial charge is 0.303 e. The first kappa shape index (κ1) is 39.5. The van der Waals surface area contributed by atoms with Gasteiger partial charge in [-0.3, -0.25) is 33.6 Å². The molecule has 1 N–H and O–H groups in total. The number of ether oxygens (including phenoxy) is 12. The molecule has 3 aliphatic heterocycles. The van der Waals surface area contributed by atoms with E-state index in [9.17, 15) is 38.7 Å². The minimum atomic E-state index is -1.70. The number of hydrogen-bond donors (Lipinski definition) is 1. The summed E-state index contributed by atoms with van der Waals surface area (Å²) in [6, 6.07) is 0. The standard InChI is InChI=1S/C29H40O20/c1-11(30)41-18-9-39-28(25(46-16(6)35)22(18)43-13(3)32)49-20-10-40-29(26(47-17(7)36)23(20)44-14(4)33)48-19-8-38-27(37)24(45-15(5)34)21(19)42-12(2)31/h18-29,37H,8-10H2,1-7H3/t18-,19-,20+,21+,22+,23+,24-,25-,26-,27?,28+,29+/m1/s1. The molecule has 3 heterocycles. The molecule has 0 aromatic carbocycles. The Labute approximate surface area is 279 Å².